The molecule has 0 spiro atoms. The first-order valence-electron chi connectivity index (χ1n) is 21.5. The van der Waals surface area contributed by atoms with E-state index in [0.29, 0.717) is 24.8 Å². The molecule has 61 heavy (non-hydrogen) atoms. The van der Waals surface area contributed by atoms with Crippen LogP contribution in [0.2, 0.25) is 0 Å². The number of carbonyl (C=O) groups excluding carboxylic acids is 5. The van der Waals surface area contributed by atoms with Crippen LogP contribution in [0.15, 0.2) is 24.3 Å². The van der Waals surface area contributed by atoms with E-state index >= 15 is 0 Å². The van der Waals surface area contributed by atoms with Crippen molar-refractivity contribution in [2.24, 2.45) is 11.7 Å². The third-order valence-corrected chi connectivity index (χ3v) is 11.5. The molecule has 1 aromatic carbocycles. The number of carbonyl (C=O) groups is 6. The van der Waals surface area contributed by atoms with E-state index < -0.39 is 85.6 Å². The number of hydrogen-bond acceptors (Lipinski definition) is 11. The number of rotatable bonds is 37. The molecule has 1 rings (SSSR count). The summed E-state index contributed by atoms with van der Waals surface area (Å²) < 4.78 is 66.2. The van der Waals surface area contributed by atoms with Crippen molar-refractivity contribution in [2.75, 3.05) is 29.9 Å². The third-order valence-electron chi connectivity index (χ3n) is 9.97. The number of unbranched alkanes of at least 4 members (excludes halogenated alkanes) is 14. The molecule has 0 aromatic heterocycles. The molecular weight excluding hydrogens is 835 g/mol. The number of ketones is 1. The van der Waals surface area contributed by atoms with Crippen molar-refractivity contribution in [3.05, 3.63) is 29.8 Å². The lowest BCUT2D eigenvalue weighted by Gasteiger charge is -2.22. The van der Waals surface area contributed by atoms with Gasteiger partial charge in [0, 0.05) is 43.6 Å². The molecule has 0 saturated heterocycles. The average molecular weight is 904 g/mol. The Kier molecular flexibility index (Phi) is 27.7. The molecule has 0 fully saturated rings. The first-order chi connectivity index (χ1) is 28.8. The minimum atomic E-state index is -4.89. The van der Waals surface area contributed by atoms with E-state index in [4.69, 9.17) is 10.8 Å². The average Bonchev–Trinajstić information content (AvgIpc) is 3.17. The standard InChI is InChI=1S/C41H69N5O13S2/c1-2-26-43-33-24-22-31(23-25-33)40(52)44-27-18-17-19-34(39(42)51)46-41(53)32(29-60(54,55)56)28-36(47)35(30-61(57,58)59)45-37(48)20-15-13-11-9-7-5-3-4-6-8-10-12-14-16-21-38(49)50/h22-25,32,34-35,43H,2-21,26-30H2,1H3,(H2,42,51)(H,44,52)(H,45,48)(H,46,53)(H,49,50)(H,54,55,56)(H,57,58,59)/t32-,34?,35-/m0/s1. The Balaban J connectivity index is 2.59. The van der Waals surface area contributed by atoms with E-state index in [-0.39, 0.29) is 38.1 Å². The molecule has 9 N–H and O–H groups in total. The molecule has 0 bridgehead atoms. The second-order valence-corrected chi connectivity index (χ2v) is 18.5. The number of Topliss-reactive ketones (excluding diaryl/α,β-unsaturated/α-hetero) is 1. The van der Waals surface area contributed by atoms with Crippen LogP contribution >= 0.6 is 0 Å². The first-order valence-corrected chi connectivity index (χ1v) is 24.7. The number of benzene rings is 1. The Bertz CT molecular complexity index is 1730. The fourth-order valence-corrected chi connectivity index (χ4v) is 8.07. The van der Waals surface area contributed by atoms with Gasteiger partial charge in [-0.3, -0.25) is 37.9 Å². The summed E-state index contributed by atoms with van der Waals surface area (Å²) >= 11 is 0. The Labute approximate surface area is 361 Å². The molecule has 0 aliphatic heterocycles. The van der Waals surface area contributed by atoms with Crippen molar-refractivity contribution >= 4 is 61.3 Å². The van der Waals surface area contributed by atoms with Crippen molar-refractivity contribution in [2.45, 2.75) is 154 Å². The van der Waals surface area contributed by atoms with Crippen LogP contribution in [0.4, 0.5) is 5.69 Å². The smallest absolute Gasteiger partial charge is 0.303 e. The molecule has 1 unspecified atom stereocenters. The van der Waals surface area contributed by atoms with E-state index in [1.54, 1.807) is 24.3 Å². The molecule has 3 atom stereocenters. The van der Waals surface area contributed by atoms with Crippen molar-refractivity contribution in [1.82, 2.24) is 16.0 Å². The summed E-state index contributed by atoms with van der Waals surface area (Å²) in [5, 5.41) is 19.2. The number of aliphatic carboxylic acids is 1. The van der Waals surface area contributed by atoms with Gasteiger partial charge in [-0.05, 0) is 62.8 Å². The highest BCUT2D eigenvalue weighted by atomic mass is 32.2. The number of hydrogen-bond donors (Lipinski definition) is 8. The Morgan fingerprint density at radius 2 is 1.15 bits per heavy atom. The summed E-state index contributed by atoms with van der Waals surface area (Å²) in [4.78, 5) is 74.5. The zero-order valence-corrected chi connectivity index (χ0v) is 37.2. The van der Waals surface area contributed by atoms with Gasteiger partial charge in [0.1, 0.15) is 17.8 Å². The third kappa shape index (κ3) is 28.9. The van der Waals surface area contributed by atoms with Gasteiger partial charge >= 0.3 is 5.97 Å². The van der Waals surface area contributed by atoms with Gasteiger partial charge in [-0.2, -0.15) is 16.8 Å². The van der Waals surface area contributed by atoms with Crippen LogP contribution in [-0.4, -0.2) is 103 Å². The second-order valence-electron chi connectivity index (χ2n) is 15.5. The SMILES string of the molecule is CCCNc1ccc(C(=O)NCCCCC(NC(=O)[C@@H](CC(=O)[C@H](CS(=O)(=O)O)NC(=O)CCCCCCCCCCCCCCCCC(=O)O)CS(=O)(=O)O)C(N)=O)cc1. The van der Waals surface area contributed by atoms with Gasteiger partial charge in [0.2, 0.25) is 17.7 Å². The van der Waals surface area contributed by atoms with Gasteiger partial charge in [0.15, 0.2) is 5.78 Å². The molecule has 0 radical (unpaired) electrons. The van der Waals surface area contributed by atoms with Gasteiger partial charge < -0.3 is 32.1 Å². The number of nitrogens with two attached hydrogens (primary N) is 1. The van der Waals surface area contributed by atoms with Gasteiger partial charge in [-0.15, -0.1) is 0 Å². The predicted molar refractivity (Wildman–Crippen MR) is 232 cm³/mol. The topological polar surface area (TPSA) is 306 Å². The Morgan fingerprint density at radius 1 is 0.639 bits per heavy atom. The van der Waals surface area contributed by atoms with E-state index in [0.717, 1.165) is 95.7 Å². The molecule has 0 aliphatic carbocycles. The summed E-state index contributed by atoms with van der Waals surface area (Å²) in [6.07, 6.45) is 14.3. The van der Waals surface area contributed by atoms with Gasteiger partial charge in [0.05, 0.1) is 11.7 Å². The van der Waals surface area contributed by atoms with Gasteiger partial charge in [-0.25, -0.2) is 0 Å². The maximum atomic E-state index is 13.3. The van der Waals surface area contributed by atoms with E-state index in [2.05, 4.69) is 21.3 Å². The van der Waals surface area contributed by atoms with Crippen molar-refractivity contribution < 1.29 is 59.8 Å². The molecule has 0 heterocycles. The van der Waals surface area contributed by atoms with Crippen LogP contribution in [-0.2, 0) is 44.2 Å². The van der Waals surface area contributed by atoms with Crippen molar-refractivity contribution in [3.63, 3.8) is 0 Å². The minimum Gasteiger partial charge on any atom is -0.481 e. The first kappa shape index (κ1) is 54.9. The van der Waals surface area contributed by atoms with Crippen LogP contribution in [0, 0.1) is 5.92 Å². The summed E-state index contributed by atoms with van der Waals surface area (Å²) in [6, 6.07) is 3.75. The summed E-state index contributed by atoms with van der Waals surface area (Å²) in [5.41, 5.74) is 6.79. The number of primary amides is 1. The molecule has 0 aliphatic rings. The molecular formula is C41H69N5O13S2. The zero-order chi connectivity index (χ0) is 45.7. The summed E-state index contributed by atoms with van der Waals surface area (Å²) in [5.74, 6) is -9.34. The molecule has 348 valence electrons. The van der Waals surface area contributed by atoms with Crippen molar-refractivity contribution in [1.29, 1.82) is 0 Å². The van der Waals surface area contributed by atoms with Crippen LogP contribution in [0.1, 0.15) is 152 Å². The van der Waals surface area contributed by atoms with Crippen LogP contribution in [0.3, 0.4) is 0 Å². The van der Waals surface area contributed by atoms with Crippen LogP contribution in [0.5, 0.6) is 0 Å². The van der Waals surface area contributed by atoms with E-state index in [9.17, 15) is 54.7 Å². The highest BCUT2D eigenvalue weighted by molar-refractivity contribution is 7.86. The normalized spacial score (nSPS) is 13.1. The molecule has 18 nitrogen and oxygen atoms in total. The number of amides is 4. The lowest BCUT2D eigenvalue weighted by Crippen LogP contribution is -2.50. The number of nitrogens with one attached hydrogen (secondary N) is 4. The van der Waals surface area contributed by atoms with Crippen molar-refractivity contribution in [3.8, 4) is 0 Å². The molecule has 0 saturated carbocycles. The van der Waals surface area contributed by atoms with Gasteiger partial charge in [-0.1, -0.05) is 84.0 Å². The molecule has 1 aromatic rings. The maximum Gasteiger partial charge on any atom is 0.303 e. The lowest BCUT2D eigenvalue weighted by atomic mass is 9.98. The van der Waals surface area contributed by atoms with E-state index in [1.807, 2.05) is 6.92 Å². The summed E-state index contributed by atoms with van der Waals surface area (Å²) in [6.45, 7) is 3.05. The fourth-order valence-electron chi connectivity index (χ4n) is 6.60. The maximum absolute atomic E-state index is 13.3. The minimum absolute atomic E-state index is 0.0242. The number of carboxylic acids is 1. The summed E-state index contributed by atoms with van der Waals surface area (Å²) in [7, 11) is -9.73. The quantitative estimate of drug-likeness (QED) is 0.0336. The largest absolute Gasteiger partial charge is 0.481 e. The zero-order valence-electron chi connectivity index (χ0n) is 35.5. The monoisotopic (exact) mass is 903 g/mol. The molecule has 4 amide bonds. The second kappa shape index (κ2) is 30.8. The van der Waals surface area contributed by atoms with E-state index in [1.165, 1.54) is 0 Å². The molecule has 20 heteroatoms. The van der Waals surface area contributed by atoms with Crippen LogP contribution < -0.4 is 27.0 Å². The highest BCUT2D eigenvalue weighted by Crippen LogP contribution is 2.16. The lowest BCUT2D eigenvalue weighted by molar-refractivity contribution is -0.137. The number of carboxylic acid groups (broad SMARTS) is 1. The Hall–Kier alpha value is -4.14. The highest BCUT2D eigenvalue weighted by Gasteiger charge is 2.34. The Morgan fingerprint density at radius 3 is 1.62 bits per heavy atom. The predicted octanol–water partition coefficient (Wildman–Crippen LogP) is 4.54. The van der Waals surface area contributed by atoms with Crippen LogP contribution in [0.25, 0.3) is 0 Å². The fraction of sp³-hybridized carbons (Fsp3) is 0.707. The van der Waals surface area contributed by atoms with Gasteiger partial charge in [0.25, 0.3) is 26.1 Å². The number of anilines is 1.